The minimum Gasteiger partial charge on any atom is -0.444 e. The number of hydrogen-bond donors (Lipinski definition) is 1. The van der Waals surface area contributed by atoms with Crippen LogP contribution >= 0.6 is 0 Å². The number of nitrogens with one attached hydrogen (secondary N) is 1. The molecule has 1 fully saturated rings. The van der Waals surface area contributed by atoms with E-state index >= 15 is 0 Å². The number of methoxy groups -OCH3 is 1. The summed E-state index contributed by atoms with van der Waals surface area (Å²) in [7, 11) is 1.56. The molecule has 1 aliphatic rings. The SMILES string of the molecule is COCC1CC(NC(=O)c2nnc(-c3cccc(C#N)c3)o2)CN1C(=O)OC(C)(C)C. The molecule has 164 valence electrons. The van der Waals surface area contributed by atoms with Crippen molar-refractivity contribution in [1.29, 1.82) is 5.26 Å². The van der Waals surface area contributed by atoms with Crippen molar-refractivity contribution >= 4 is 12.0 Å². The first kappa shape index (κ1) is 22.2. The zero-order chi connectivity index (χ0) is 22.6. The summed E-state index contributed by atoms with van der Waals surface area (Å²) in [4.78, 5) is 26.7. The molecule has 0 aliphatic carbocycles. The molecule has 3 rings (SSSR count). The lowest BCUT2D eigenvalue weighted by atomic mass is 10.1. The number of amides is 2. The fourth-order valence-corrected chi connectivity index (χ4v) is 3.32. The maximum Gasteiger partial charge on any atom is 0.410 e. The molecule has 0 saturated carbocycles. The number of likely N-dealkylation sites (tertiary alicyclic amines) is 1. The summed E-state index contributed by atoms with van der Waals surface area (Å²) >= 11 is 0. The Morgan fingerprint density at radius 1 is 1.35 bits per heavy atom. The lowest BCUT2D eigenvalue weighted by Crippen LogP contribution is -2.43. The van der Waals surface area contributed by atoms with Crippen LogP contribution in [0.4, 0.5) is 4.79 Å². The monoisotopic (exact) mass is 427 g/mol. The van der Waals surface area contributed by atoms with Gasteiger partial charge >= 0.3 is 17.9 Å². The first-order chi connectivity index (χ1) is 14.7. The van der Waals surface area contributed by atoms with Gasteiger partial charge in [0.2, 0.25) is 5.89 Å². The predicted molar refractivity (Wildman–Crippen MR) is 109 cm³/mol. The molecule has 1 N–H and O–H groups in total. The van der Waals surface area contributed by atoms with Gasteiger partial charge in [-0.25, -0.2) is 4.79 Å². The van der Waals surface area contributed by atoms with E-state index in [0.29, 0.717) is 24.2 Å². The summed E-state index contributed by atoms with van der Waals surface area (Å²) in [5.74, 6) is -0.597. The van der Waals surface area contributed by atoms with Gasteiger partial charge in [0.25, 0.3) is 0 Å². The topological polar surface area (TPSA) is 131 Å². The molecule has 2 heterocycles. The standard InChI is InChI=1S/C21H25N5O5/c1-21(2,3)31-20(28)26-11-15(9-16(26)12-29-4)23-17(27)19-25-24-18(30-19)14-7-5-6-13(8-14)10-22/h5-8,15-16H,9,11-12H2,1-4H3,(H,23,27). The van der Waals surface area contributed by atoms with Crippen molar-refractivity contribution in [3.8, 4) is 17.5 Å². The van der Waals surface area contributed by atoms with Crippen LogP contribution in [0.25, 0.3) is 11.5 Å². The molecule has 2 amide bonds. The number of rotatable bonds is 5. The predicted octanol–water partition coefficient (Wildman–Crippen LogP) is 2.36. The third kappa shape index (κ3) is 5.58. The van der Waals surface area contributed by atoms with Crippen LogP contribution in [0.1, 0.15) is 43.4 Å². The smallest absolute Gasteiger partial charge is 0.410 e. The van der Waals surface area contributed by atoms with Crippen LogP contribution in [0.2, 0.25) is 0 Å². The van der Waals surface area contributed by atoms with Gasteiger partial charge in [0, 0.05) is 25.3 Å². The molecule has 1 aromatic carbocycles. The second kappa shape index (κ2) is 9.14. The molecule has 0 spiro atoms. The lowest BCUT2D eigenvalue weighted by molar-refractivity contribution is 0.0146. The summed E-state index contributed by atoms with van der Waals surface area (Å²) < 4.78 is 16.2. The summed E-state index contributed by atoms with van der Waals surface area (Å²) in [6, 6.07) is 8.14. The lowest BCUT2D eigenvalue weighted by Gasteiger charge is -2.28. The Kier molecular flexibility index (Phi) is 6.56. The molecule has 31 heavy (non-hydrogen) atoms. The molecule has 10 nitrogen and oxygen atoms in total. The van der Waals surface area contributed by atoms with Crippen LogP contribution < -0.4 is 5.32 Å². The second-order valence-electron chi connectivity index (χ2n) is 8.25. The zero-order valence-electron chi connectivity index (χ0n) is 17.9. The molecular weight excluding hydrogens is 402 g/mol. The summed E-state index contributed by atoms with van der Waals surface area (Å²) in [5, 5.41) is 19.5. The van der Waals surface area contributed by atoms with Gasteiger partial charge in [-0.15, -0.1) is 10.2 Å². The number of nitriles is 1. The van der Waals surface area contributed by atoms with Crippen molar-refractivity contribution in [2.45, 2.75) is 44.9 Å². The van der Waals surface area contributed by atoms with Crippen LogP contribution in [0.15, 0.2) is 28.7 Å². The van der Waals surface area contributed by atoms with E-state index in [1.165, 1.54) is 0 Å². The molecule has 0 bridgehead atoms. The third-order valence-electron chi connectivity index (χ3n) is 4.59. The highest BCUT2D eigenvalue weighted by Gasteiger charge is 2.38. The summed E-state index contributed by atoms with van der Waals surface area (Å²) in [6.07, 6.45) is 0.0491. The molecule has 1 aliphatic heterocycles. The average molecular weight is 427 g/mol. The molecule has 1 saturated heterocycles. The Bertz CT molecular complexity index is 991. The Morgan fingerprint density at radius 2 is 2.13 bits per heavy atom. The van der Waals surface area contributed by atoms with Crippen LogP contribution in [0.3, 0.4) is 0 Å². The van der Waals surface area contributed by atoms with E-state index in [9.17, 15) is 9.59 Å². The quantitative estimate of drug-likeness (QED) is 0.769. The van der Waals surface area contributed by atoms with Crippen molar-refractivity contribution in [2.24, 2.45) is 0 Å². The molecule has 10 heteroatoms. The Balaban J connectivity index is 1.67. The first-order valence-electron chi connectivity index (χ1n) is 9.83. The van der Waals surface area contributed by atoms with Crippen molar-refractivity contribution in [2.75, 3.05) is 20.3 Å². The molecular formula is C21H25N5O5. The van der Waals surface area contributed by atoms with Gasteiger partial charge in [0.15, 0.2) is 0 Å². The van der Waals surface area contributed by atoms with Crippen molar-refractivity contribution in [3.05, 3.63) is 35.7 Å². The van der Waals surface area contributed by atoms with Crippen LogP contribution in [0, 0.1) is 11.3 Å². The second-order valence-corrected chi connectivity index (χ2v) is 8.25. The first-order valence-corrected chi connectivity index (χ1v) is 9.83. The maximum atomic E-state index is 12.6. The number of hydrogen-bond acceptors (Lipinski definition) is 8. The van der Waals surface area contributed by atoms with Crippen LogP contribution in [-0.4, -0.2) is 65.0 Å². The van der Waals surface area contributed by atoms with Crippen molar-refractivity contribution in [3.63, 3.8) is 0 Å². The minimum atomic E-state index is -0.626. The Hall–Kier alpha value is -3.45. The van der Waals surface area contributed by atoms with Gasteiger partial charge < -0.3 is 24.1 Å². The van der Waals surface area contributed by atoms with E-state index in [1.54, 1.807) is 57.0 Å². The Labute approximate surface area is 180 Å². The number of benzene rings is 1. The van der Waals surface area contributed by atoms with E-state index in [4.69, 9.17) is 19.2 Å². The summed E-state index contributed by atoms with van der Waals surface area (Å²) in [6.45, 7) is 5.99. The number of carbonyl (C=O) groups is 2. The zero-order valence-corrected chi connectivity index (χ0v) is 17.9. The van der Waals surface area contributed by atoms with E-state index in [2.05, 4.69) is 15.5 Å². The van der Waals surface area contributed by atoms with Gasteiger partial charge in [0.1, 0.15) is 5.60 Å². The van der Waals surface area contributed by atoms with Crippen molar-refractivity contribution in [1.82, 2.24) is 20.4 Å². The molecule has 2 atom stereocenters. The molecule has 2 unspecified atom stereocenters. The molecule has 2 aromatic rings. The average Bonchev–Trinajstić information content (AvgIpc) is 3.35. The van der Waals surface area contributed by atoms with E-state index in [1.807, 2.05) is 6.07 Å². The van der Waals surface area contributed by atoms with E-state index < -0.39 is 17.6 Å². The van der Waals surface area contributed by atoms with Gasteiger partial charge in [-0.3, -0.25) is 4.79 Å². The third-order valence-corrected chi connectivity index (χ3v) is 4.59. The fourth-order valence-electron chi connectivity index (χ4n) is 3.32. The van der Waals surface area contributed by atoms with Gasteiger partial charge in [0.05, 0.1) is 24.3 Å². The number of nitrogens with zero attached hydrogens (tertiary/aromatic N) is 4. The number of ether oxygens (including phenoxy) is 2. The van der Waals surface area contributed by atoms with Gasteiger partial charge in [-0.05, 0) is 45.4 Å². The molecule has 1 aromatic heterocycles. The normalized spacial score (nSPS) is 18.5. The largest absolute Gasteiger partial charge is 0.444 e. The fraction of sp³-hybridized carbons (Fsp3) is 0.476. The van der Waals surface area contributed by atoms with E-state index in [-0.39, 0.29) is 30.4 Å². The highest BCUT2D eigenvalue weighted by molar-refractivity contribution is 5.90. The van der Waals surface area contributed by atoms with Crippen LogP contribution in [0.5, 0.6) is 0 Å². The van der Waals surface area contributed by atoms with Gasteiger partial charge in [-0.2, -0.15) is 5.26 Å². The Morgan fingerprint density at radius 3 is 2.81 bits per heavy atom. The highest BCUT2D eigenvalue weighted by Crippen LogP contribution is 2.23. The number of aromatic nitrogens is 2. The molecule has 0 radical (unpaired) electrons. The highest BCUT2D eigenvalue weighted by atomic mass is 16.6. The maximum absolute atomic E-state index is 12.6. The van der Waals surface area contributed by atoms with Gasteiger partial charge in [-0.1, -0.05) is 6.07 Å². The number of carbonyl (C=O) groups excluding carboxylic acids is 2. The van der Waals surface area contributed by atoms with Crippen LogP contribution in [-0.2, 0) is 9.47 Å². The summed E-state index contributed by atoms with van der Waals surface area (Å²) in [5.41, 5.74) is 0.362. The van der Waals surface area contributed by atoms with E-state index in [0.717, 1.165) is 0 Å². The van der Waals surface area contributed by atoms with Crippen molar-refractivity contribution < 1.29 is 23.5 Å². The minimum absolute atomic E-state index is 0.140.